The van der Waals surface area contributed by atoms with Crippen molar-refractivity contribution in [3.8, 4) is 0 Å². The Bertz CT molecular complexity index is 165. The van der Waals surface area contributed by atoms with Gasteiger partial charge in [-0.15, -0.1) is 0 Å². The van der Waals surface area contributed by atoms with Crippen LogP contribution in [0.1, 0.15) is 33.6 Å². The second-order valence-electron chi connectivity index (χ2n) is 4.05. The molecule has 0 spiro atoms. The van der Waals surface area contributed by atoms with E-state index >= 15 is 0 Å². The van der Waals surface area contributed by atoms with Gasteiger partial charge in [0, 0.05) is 0 Å². The van der Waals surface area contributed by atoms with Gasteiger partial charge in [-0.1, -0.05) is 32.9 Å². The van der Waals surface area contributed by atoms with Gasteiger partial charge in [0.05, 0.1) is 0 Å². The summed E-state index contributed by atoms with van der Waals surface area (Å²) < 4.78 is 0. The van der Waals surface area contributed by atoms with Crippen molar-refractivity contribution < 1.29 is 0 Å². The van der Waals surface area contributed by atoms with Crippen LogP contribution in [-0.2, 0) is 0 Å². The van der Waals surface area contributed by atoms with Crippen LogP contribution in [0.5, 0.6) is 0 Å². The summed E-state index contributed by atoms with van der Waals surface area (Å²) in [5.74, 6) is 0. The molecule has 0 aromatic rings. The van der Waals surface area contributed by atoms with Crippen molar-refractivity contribution in [2.24, 2.45) is 5.41 Å². The van der Waals surface area contributed by atoms with E-state index in [0.29, 0.717) is 5.41 Å². The van der Waals surface area contributed by atoms with Crippen molar-refractivity contribution >= 4 is 0 Å². The lowest BCUT2D eigenvalue weighted by atomic mass is 9.88. The van der Waals surface area contributed by atoms with Crippen LogP contribution in [0.15, 0.2) is 17.7 Å². The molecule has 0 saturated carbocycles. The molecule has 55 valence electrons. The Morgan fingerprint density at radius 1 is 1.50 bits per heavy atom. The van der Waals surface area contributed by atoms with Crippen molar-refractivity contribution in [1.82, 2.24) is 0 Å². The number of allylic oxidation sites excluding steroid dienone is 4. The molecule has 10 heavy (non-hydrogen) atoms. The zero-order valence-corrected chi connectivity index (χ0v) is 7.07. The van der Waals surface area contributed by atoms with Gasteiger partial charge in [0.15, 0.2) is 0 Å². The Kier molecular flexibility index (Phi) is 1.98. The van der Waals surface area contributed by atoms with Gasteiger partial charge in [-0.25, -0.2) is 0 Å². The van der Waals surface area contributed by atoms with E-state index in [0.717, 1.165) is 12.8 Å². The minimum Gasteiger partial charge on any atom is -0.0798 e. The first kappa shape index (κ1) is 7.59. The molecular formula is C10H15. The first-order chi connectivity index (χ1) is 4.58. The van der Waals surface area contributed by atoms with E-state index in [-0.39, 0.29) is 0 Å². The summed E-state index contributed by atoms with van der Waals surface area (Å²) in [6.45, 7) is 6.77. The van der Waals surface area contributed by atoms with Crippen LogP contribution in [-0.4, -0.2) is 0 Å². The number of rotatable bonds is 1. The molecule has 0 N–H and O–H groups in total. The molecule has 1 rings (SSSR count). The average Bonchev–Trinajstić information content (AvgIpc) is 2.12. The molecule has 0 nitrogen and oxygen atoms in total. The molecule has 0 saturated heterocycles. The minimum absolute atomic E-state index is 0.414. The molecule has 0 amide bonds. The van der Waals surface area contributed by atoms with Gasteiger partial charge < -0.3 is 0 Å². The highest BCUT2D eigenvalue weighted by atomic mass is 14.2. The van der Waals surface area contributed by atoms with E-state index in [1.165, 1.54) is 5.57 Å². The summed E-state index contributed by atoms with van der Waals surface area (Å²) in [6.07, 6.45) is 9.85. The standard InChI is InChI=1S/C10H15/c1-10(2,3)8-9-6-4-5-7-9/h4,6H,5,8H2,1-3H3. The van der Waals surface area contributed by atoms with E-state index < -0.39 is 0 Å². The quantitative estimate of drug-likeness (QED) is 0.518. The molecule has 0 atom stereocenters. The summed E-state index contributed by atoms with van der Waals surface area (Å²) in [4.78, 5) is 0. The molecule has 1 radical (unpaired) electrons. The maximum atomic E-state index is 3.32. The van der Waals surface area contributed by atoms with E-state index in [1.807, 2.05) is 0 Å². The van der Waals surface area contributed by atoms with E-state index in [1.54, 1.807) is 0 Å². The van der Waals surface area contributed by atoms with Crippen LogP contribution in [0, 0.1) is 11.5 Å². The lowest BCUT2D eigenvalue weighted by Gasteiger charge is -2.17. The molecule has 0 fully saturated rings. The third-order valence-electron chi connectivity index (χ3n) is 1.49. The number of hydrogen-bond acceptors (Lipinski definition) is 0. The van der Waals surface area contributed by atoms with Crippen molar-refractivity contribution in [2.75, 3.05) is 0 Å². The van der Waals surface area contributed by atoms with Crippen LogP contribution < -0.4 is 0 Å². The number of hydrogen-bond donors (Lipinski definition) is 0. The molecule has 0 unspecified atom stereocenters. The molecule has 0 heterocycles. The van der Waals surface area contributed by atoms with Crippen LogP contribution in [0.2, 0.25) is 0 Å². The van der Waals surface area contributed by atoms with Crippen LogP contribution >= 0.6 is 0 Å². The van der Waals surface area contributed by atoms with E-state index in [4.69, 9.17) is 0 Å². The fourth-order valence-corrected chi connectivity index (χ4v) is 1.14. The Balaban J connectivity index is 2.46. The molecule has 1 aliphatic carbocycles. The molecule has 0 bridgehead atoms. The monoisotopic (exact) mass is 135 g/mol. The lowest BCUT2D eigenvalue weighted by molar-refractivity contribution is 0.413. The second-order valence-corrected chi connectivity index (χ2v) is 4.05. The van der Waals surface area contributed by atoms with Crippen LogP contribution in [0.25, 0.3) is 0 Å². The fraction of sp³-hybridized carbons (Fsp3) is 0.600. The first-order valence-electron chi connectivity index (χ1n) is 3.84. The summed E-state index contributed by atoms with van der Waals surface area (Å²) in [5.41, 5.74) is 1.80. The molecule has 0 heteroatoms. The van der Waals surface area contributed by atoms with Gasteiger partial charge in [-0.2, -0.15) is 0 Å². The summed E-state index contributed by atoms with van der Waals surface area (Å²) in [5, 5.41) is 0. The normalized spacial score (nSPS) is 17.7. The summed E-state index contributed by atoms with van der Waals surface area (Å²) >= 11 is 0. The zero-order chi connectivity index (χ0) is 7.61. The lowest BCUT2D eigenvalue weighted by Crippen LogP contribution is -2.04. The third kappa shape index (κ3) is 2.38. The van der Waals surface area contributed by atoms with Crippen LogP contribution in [0.4, 0.5) is 0 Å². The van der Waals surface area contributed by atoms with Gasteiger partial charge >= 0.3 is 0 Å². The Morgan fingerprint density at radius 2 is 2.20 bits per heavy atom. The van der Waals surface area contributed by atoms with E-state index in [9.17, 15) is 0 Å². The largest absolute Gasteiger partial charge is 0.0798 e. The fourth-order valence-electron chi connectivity index (χ4n) is 1.14. The van der Waals surface area contributed by atoms with Gasteiger partial charge in [0.25, 0.3) is 0 Å². The van der Waals surface area contributed by atoms with Crippen molar-refractivity contribution in [2.45, 2.75) is 33.6 Å². The predicted octanol–water partition coefficient (Wildman–Crippen LogP) is 3.11. The van der Waals surface area contributed by atoms with E-state index in [2.05, 4.69) is 39.0 Å². The zero-order valence-electron chi connectivity index (χ0n) is 7.07. The van der Waals surface area contributed by atoms with Crippen molar-refractivity contribution in [1.29, 1.82) is 0 Å². The van der Waals surface area contributed by atoms with Gasteiger partial charge in [0.2, 0.25) is 0 Å². The highest BCUT2D eigenvalue weighted by Gasteiger charge is 2.12. The Labute approximate surface area is 63.6 Å². The Morgan fingerprint density at radius 3 is 2.60 bits per heavy atom. The molecule has 0 aliphatic heterocycles. The minimum atomic E-state index is 0.414. The average molecular weight is 135 g/mol. The van der Waals surface area contributed by atoms with Crippen LogP contribution in [0.3, 0.4) is 0 Å². The molecule has 0 aromatic carbocycles. The highest BCUT2D eigenvalue weighted by Crippen LogP contribution is 2.26. The highest BCUT2D eigenvalue weighted by molar-refractivity contribution is 5.23. The summed E-state index contributed by atoms with van der Waals surface area (Å²) in [7, 11) is 0. The van der Waals surface area contributed by atoms with Gasteiger partial charge in [-0.3, -0.25) is 0 Å². The SMILES string of the molecule is CC(C)(C)CC1=[C]CC=C1. The van der Waals surface area contributed by atoms with Gasteiger partial charge in [0.1, 0.15) is 0 Å². The van der Waals surface area contributed by atoms with Crippen molar-refractivity contribution in [3.05, 3.63) is 23.8 Å². The first-order valence-corrected chi connectivity index (χ1v) is 3.84. The maximum absolute atomic E-state index is 3.32. The summed E-state index contributed by atoms with van der Waals surface area (Å²) in [6, 6.07) is 0. The van der Waals surface area contributed by atoms with Crippen molar-refractivity contribution in [3.63, 3.8) is 0 Å². The Hall–Kier alpha value is -0.520. The maximum Gasteiger partial charge on any atom is -0.00885 e. The smallest absolute Gasteiger partial charge is 0.00885 e. The molecule has 0 aromatic heterocycles. The van der Waals surface area contributed by atoms with Gasteiger partial charge in [-0.05, 0) is 29.9 Å². The molecule has 1 aliphatic rings. The third-order valence-corrected chi connectivity index (χ3v) is 1.49. The molecular weight excluding hydrogens is 120 g/mol. The predicted molar refractivity (Wildman–Crippen MR) is 44.6 cm³/mol. The topological polar surface area (TPSA) is 0 Å². The second kappa shape index (κ2) is 2.61.